The summed E-state index contributed by atoms with van der Waals surface area (Å²) in [5.74, 6) is 0. The molecule has 1 rings (SSSR count). The van der Waals surface area contributed by atoms with Gasteiger partial charge in [-0.05, 0) is 59.9 Å². The highest BCUT2D eigenvalue weighted by molar-refractivity contribution is 5.68. The fourth-order valence-corrected chi connectivity index (χ4v) is 2.67. The zero-order valence-corrected chi connectivity index (χ0v) is 12.4. The van der Waals surface area contributed by atoms with E-state index in [9.17, 15) is 4.79 Å². The molecular weight excluding hydrogens is 228 g/mol. The molecule has 2 N–H and O–H groups in total. The van der Waals surface area contributed by atoms with Crippen molar-refractivity contribution in [1.82, 2.24) is 10.6 Å². The molecule has 2 atom stereocenters. The number of carbonyl (C=O) groups is 1. The SMILES string of the molecule is CCNC1(C)CCC[C@@H](NC(=O)OC(C)(C)C)C1. The fraction of sp³-hybridized carbons (Fsp3) is 0.929. The quantitative estimate of drug-likeness (QED) is 0.816. The first kappa shape index (κ1) is 15.3. The highest BCUT2D eigenvalue weighted by Gasteiger charge is 2.32. The van der Waals surface area contributed by atoms with Crippen molar-refractivity contribution in [2.45, 2.75) is 77.5 Å². The number of hydrogen-bond acceptors (Lipinski definition) is 3. The summed E-state index contributed by atoms with van der Waals surface area (Å²) in [5, 5.41) is 6.51. The summed E-state index contributed by atoms with van der Waals surface area (Å²) < 4.78 is 5.30. The van der Waals surface area contributed by atoms with Crippen LogP contribution >= 0.6 is 0 Å². The Kier molecular flexibility index (Phi) is 5.02. The lowest BCUT2D eigenvalue weighted by molar-refractivity contribution is 0.0477. The second kappa shape index (κ2) is 5.91. The van der Waals surface area contributed by atoms with E-state index in [0.717, 1.165) is 25.8 Å². The first-order valence-electron chi connectivity index (χ1n) is 6.99. The van der Waals surface area contributed by atoms with Crippen LogP contribution in [0.15, 0.2) is 0 Å². The van der Waals surface area contributed by atoms with E-state index in [0.29, 0.717) is 0 Å². The molecule has 1 amide bonds. The Bertz CT molecular complexity index is 282. The Labute approximate surface area is 111 Å². The molecule has 0 aromatic rings. The Morgan fingerprint density at radius 3 is 2.67 bits per heavy atom. The number of carbonyl (C=O) groups excluding carboxylic acids is 1. The number of alkyl carbamates (subject to hydrolysis) is 1. The molecule has 0 radical (unpaired) electrons. The van der Waals surface area contributed by atoms with Crippen LogP contribution in [0, 0.1) is 0 Å². The Morgan fingerprint density at radius 2 is 2.11 bits per heavy atom. The topological polar surface area (TPSA) is 50.4 Å². The van der Waals surface area contributed by atoms with Crippen LogP contribution in [0.4, 0.5) is 4.79 Å². The molecule has 1 fully saturated rings. The molecule has 1 saturated carbocycles. The molecule has 18 heavy (non-hydrogen) atoms. The van der Waals surface area contributed by atoms with E-state index in [1.165, 1.54) is 6.42 Å². The highest BCUT2D eigenvalue weighted by Crippen LogP contribution is 2.28. The third-order valence-electron chi connectivity index (χ3n) is 3.30. The van der Waals surface area contributed by atoms with Crippen molar-refractivity contribution in [2.75, 3.05) is 6.54 Å². The van der Waals surface area contributed by atoms with Crippen molar-refractivity contribution in [2.24, 2.45) is 0 Å². The van der Waals surface area contributed by atoms with Gasteiger partial charge in [-0.1, -0.05) is 6.92 Å². The van der Waals surface area contributed by atoms with Gasteiger partial charge in [0.1, 0.15) is 5.60 Å². The van der Waals surface area contributed by atoms with Crippen LogP contribution in [0.2, 0.25) is 0 Å². The summed E-state index contributed by atoms with van der Waals surface area (Å²) in [6, 6.07) is 0.220. The molecule has 0 aromatic carbocycles. The number of ether oxygens (including phenoxy) is 1. The number of nitrogens with one attached hydrogen (secondary N) is 2. The molecule has 0 spiro atoms. The molecule has 0 bridgehead atoms. The van der Waals surface area contributed by atoms with Crippen LogP contribution in [0.5, 0.6) is 0 Å². The normalized spacial score (nSPS) is 28.8. The van der Waals surface area contributed by atoms with Crippen molar-refractivity contribution < 1.29 is 9.53 Å². The van der Waals surface area contributed by atoms with E-state index in [2.05, 4.69) is 24.5 Å². The average molecular weight is 256 g/mol. The van der Waals surface area contributed by atoms with Crippen molar-refractivity contribution in [3.05, 3.63) is 0 Å². The molecule has 0 aromatic heterocycles. The lowest BCUT2D eigenvalue weighted by atomic mass is 9.80. The van der Waals surface area contributed by atoms with Gasteiger partial charge in [-0.25, -0.2) is 4.79 Å². The van der Waals surface area contributed by atoms with Crippen molar-refractivity contribution >= 4 is 6.09 Å². The standard InChI is InChI=1S/C14H28N2O2/c1-6-15-14(5)9-7-8-11(10-14)16-12(17)18-13(2,3)4/h11,15H,6-10H2,1-5H3,(H,16,17)/t11-,14?/m1/s1. The number of hydrogen-bond donors (Lipinski definition) is 2. The molecule has 4 heteroatoms. The number of rotatable bonds is 3. The Balaban J connectivity index is 2.45. The van der Waals surface area contributed by atoms with Gasteiger partial charge < -0.3 is 15.4 Å². The van der Waals surface area contributed by atoms with Crippen LogP contribution in [-0.2, 0) is 4.74 Å². The molecular formula is C14H28N2O2. The van der Waals surface area contributed by atoms with E-state index in [1.807, 2.05) is 20.8 Å². The summed E-state index contributed by atoms with van der Waals surface area (Å²) in [7, 11) is 0. The van der Waals surface area contributed by atoms with Gasteiger partial charge in [0.2, 0.25) is 0 Å². The molecule has 0 heterocycles. The minimum absolute atomic E-state index is 0.146. The van der Waals surface area contributed by atoms with Crippen molar-refractivity contribution in [3.63, 3.8) is 0 Å². The Hall–Kier alpha value is -0.770. The third-order valence-corrected chi connectivity index (χ3v) is 3.30. The van der Waals surface area contributed by atoms with Gasteiger partial charge in [0, 0.05) is 11.6 Å². The molecule has 1 unspecified atom stereocenters. The minimum Gasteiger partial charge on any atom is -0.444 e. The van der Waals surface area contributed by atoms with Gasteiger partial charge in [0.25, 0.3) is 0 Å². The molecule has 0 saturated heterocycles. The summed E-state index contributed by atoms with van der Waals surface area (Å²) in [5.41, 5.74) is -0.281. The zero-order valence-electron chi connectivity index (χ0n) is 12.4. The maximum absolute atomic E-state index is 11.7. The zero-order chi connectivity index (χ0) is 13.8. The Morgan fingerprint density at radius 1 is 1.44 bits per heavy atom. The smallest absolute Gasteiger partial charge is 0.407 e. The lowest BCUT2D eigenvalue weighted by Gasteiger charge is -2.39. The minimum atomic E-state index is -0.427. The predicted molar refractivity (Wildman–Crippen MR) is 73.7 cm³/mol. The molecule has 4 nitrogen and oxygen atoms in total. The summed E-state index contributed by atoms with van der Waals surface area (Å²) in [6.45, 7) is 11.0. The third kappa shape index (κ3) is 5.25. The predicted octanol–water partition coefficient (Wildman–Crippen LogP) is 2.82. The first-order chi connectivity index (χ1) is 8.24. The van der Waals surface area contributed by atoms with E-state index in [4.69, 9.17) is 4.74 Å². The van der Waals surface area contributed by atoms with Gasteiger partial charge in [0.15, 0.2) is 0 Å². The maximum atomic E-state index is 11.7. The highest BCUT2D eigenvalue weighted by atomic mass is 16.6. The van der Waals surface area contributed by atoms with Crippen molar-refractivity contribution in [3.8, 4) is 0 Å². The van der Waals surface area contributed by atoms with Crippen LogP contribution in [0.25, 0.3) is 0 Å². The summed E-state index contributed by atoms with van der Waals surface area (Å²) in [4.78, 5) is 11.7. The molecule has 1 aliphatic rings. The van der Waals surface area contributed by atoms with Crippen molar-refractivity contribution in [1.29, 1.82) is 0 Å². The summed E-state index contributed by atoms with van der Waals surface area (Å²) >= 11 is 0. The van der Waals surface area contributed by atoms with Crippen LogP contribution in [0.3, 0.4) is 0 Å². The van der Waals surface area contributed by atoms with Gasteiger partial charge >= 0.3 is 6.09 Å². The molecule has 106 valence electrons. The van der Waals surface area contributed by atoms with Gasteiger partial charge in [-0.15, -0.1) is 0 Å². The summed E-state index contributed by atoms with van der Waals surface area (Å²) in [6.07, 6.45) is 4.03. The second-order valence-electron chi connectivity index (χ2n) is 6.53. The largest absolute Gasteiger partial charge is 0.444 e. The second-order valence-corrected chi connectivity index (χ2v) is 6.53. The lowest BCUT2D eigenvalue weighted by Crippen LogP contribution is -2.52. The number of amides is 1. The van der Waals surface area contributed by atoms with Gasteiger partial charge in [-0.3, -0.25) is 0 Å². The fourth-order valence-electron chi connectivity index (χ4n) is 2.67. The maximum Gasteiger partial charge on any atom is 0.407 e. The van der Waals surface area contributed by atoms with E-state index >= 15 is 0 Å². The van der Waals surface area contributed by atoms with E-state index in [1.54, 1.807) is 0 Å². The average Bonchev–Trinajstić information content (AvgIpc) is 2.13. The van der Waals surface area contributed by atoms with Crippen LogP contribution in [0.1, 0.15) is 60.3 Å². The van der Waals surface area contributed by atoms with Gasteiger partial charge in [0.05, 0.1) is 0 Å². The van der Waals surface area contributed by atoms with Gasteiger partial charge in [-0.2, -0.15) is 0 Å². The van der Waals surface area contributed by atoms with E-state index < -0.39 is 5.60 Å². The molecule has 1 aliphatic carbocycles. The van der Waals surface area contributed by atoms with E-state index in [-0.39, 0.29) is 17.7 Å². The first-order valence-corrected chi connectivity index (χ1v) is 6.99. The molecule has 0 aliphatic heterocycles. The van der Waals surface area contributed by atoms with Crippen LogP contribution < -0.4 is 10.6 Å². The van der Waals surface area contributed by atoms with Crippen LogP contribution in [-0.4, -0.2) is 29.8 Å². The monoisotopic (exact) mass is 256 g/mol.